The van der Waals surface area contributed by atoms with Gasteiger partial charge in [0.2, 0.25) is 11.9 Å². The van der Waals surface area contributed by atoms with Crippen LogP contribution in [0.2, 0.25) is 5.02 Å². The van der Waals surface area contributed by atoms with E-state index in [9.17, 15) is 9.59 Å². The van der Waals surface area contributed by atoms with Gasteiger partial charge in [-0.1, -0.05) is 35.9 Å². The van der Waals surface area contributed by atoms with Gasteiger partial charge in [-0.2, -0.15) is 0 Å². The average molecular weight is 403 g/mol. The van der Waals surface area contributed by atoms with Crippen LogP contribution < -0.4 is 16.4 Å². The molecule has 0 unspecified atom stereocenters. The third-order valence-corrected chi connectivity index (χ3v) is 5.16. The van der Waals surface area contributed by atoms with Gasteiger partial charge in [-0.15, -0.1) is 11.8 Å². The molecule has 3 aromatic rings. The number of anilines is 1. The minimum absolute atomic E-state index is 0.142. The molecule has 140 valence electrons. The number of carbonyl (C=O) groups is 1. The first-order valence-electron chi connectivity index (χ1n) is 8.45. The van der Waals surface area contributed by atoms with Crippen molar-refractivity contribution in [2.45, 2.75) is 19.2 Å². The van der Waals surface area contributed by atoms with Crippen LogP contribution in [-0.2, 0) is 17.1 Å². The van der Waals surface area contributed by atoms with Crippen molar-refractivity contribution in [1.82, 2.24) is 15.0 Å². The number of carbonyl (C=O) groups excluding carboxylic acids is 1. The molecular formula is C19H19ClN4O2S. The molecule has 0 radical (unpaired) electrons. The molecule has 0 bridgehead atoms. The van der Waals surface area contributed by atoms with Crippen LogP contribution in [0.15, 0.2) is 53.3 Å². The van der Waals surface area contributed by atoms with E-state index in [4.69, 9.17) is 11.6 Å². The largest absolute Gasteiger partial charge is 0.277 e. The van der Waals surface area contributed by atoms with E-state index in [1.807, 2.05) is 37.3 Å². The van der Waals surface area contributed by atoms with Gasteiger partial charge < -0.3 is 0 Å². The summed E-state index contributed by atoms with van der Waals surface area (Å²) in [4.78, 5) is 29.0. The van der Waals surface area contributed by atoms with Crippen LogP contribution in [0, 0.1) is 0 Å². The molecule has 2 N–H and O–H groups in total. The lowest BCUT2D eigenvalue weighted by Crippen LogP contribution is -2.35. The highest BCUT2D eigenvalue weighted by Gasteiger charge is 2.10. The van der Waals surface area contributed by atoms with E-state index < -0.39 is 0 Å². The van der Waals surface area contributed by atoms with Crippen molar-refractivity contribution >= 4 is 46.1 Å². The highest BCUT2D eigenvalue weighted by molar-refractivity contribution is 7.99. The predicted molar refractivity (Wildman–Crippen MR) is 111 cm³/mol. The summed E-state index contributed by atoms with van der Waals surface area (Å²) in [6.45, 7) is 2.30. The van der Waals surface area contributed by atoms with Crippen LogP contribution in [0.1, 0.15) is 12.5 Å². The van der Waals surface area contributed by atoms with E-state index in [0.29, 0.717) is 34.2 Å². The smallest absolute Gasteiger partial charge is 0.262 e. The number of para-hydroxylation sites is 1. The number of benzene rings is 2. The van der Waals surface area contributed by atoms with Gasteiger partial charge in [0.1, 0.15) is 0 Å². The average Bonchev–Trinajstić information content (AvgIpc) is 2.68. The first-order valence-corrected chi connectivity index (χ1v) is 9.98. The van der Waals surface area contributed by atoms with E-state index in [-0.39, 0.29) is 17.2 Å². The third kappa shape index (κ3) is 4.81. The lowest BCUT2D eigenvalue weighted by Gasteiger charge is -2.14. The molecule has 2 aromatic carbocycles. The Hall–Kier alpha value is -2.51. The van der Waals surface area contributed by atoms with Crippen LogP contribution in [-0.4, -0.2) is 21.2 Å². The molecule has 0 aliphatic rings. The van der Waals surface area contributed by atoms with Gasteiger partial charge in [-0.05, 0) is 36.8 Å². The number of amides is 1. The first-order chi connectivity index (χ1) is 13.1. The summed E-state index contributed by atoms with van der Waals surface area (Å²) in [6, 6.07) is 14.7. The quantitative estimate of drug-likeness (QED) is 0.592. The minimum atomic E-state index is -0.195. The van der Waals surface area contributed by atoms with Crippen molar-refractivity contribution in [3.8, 4) is 0 Å². The van der Waals surface area contributed by atoms with E-state index >= 15 is 0 Å². The molecular weight excluding hydrogens is 384 g/mol. The molecule has 0 atom stereocenters. The van der Waals surface area contributed by atoms with Gasteiger partial charge in [-0.25, -0.2) is 4.98 Å². The molecule has 6 nitrogen and oxygen atoms in total. The summed E-state index contributed by atoms with van der Waals surface area (Å²) in [5.41, 5.74) is 6.92. The lowest BCUT2D eigenvalue weighted by molar-refractivity contribution is -0.118. The fourth-order valence-electron chi connectivity index (χ4n) is 2.56. The second-order valence-electron chi connectivity index (χ2n) is 5.79. The number of nitrogens with zero attached hydrogens (tertiary/aromatic N) is 2. The Bertz CT molecular complexity index is 1000. The Morgan fingerprint density at radius 3 is 2.67 bits per heavy atom. The predicted octanol–water partition coefficient (Wildman–Crippen LogP) is 3.45. The lowest BCUT2D eigenvalue weighted by atomic mass is 10.2. The van der Waals surface area contributed by atoms with Crippen LogP contribution in [0.25, 0.3) is 10.9 Å². The number of nitrogens with one attached hydrogen (secondary N) is 2. The maximum Gasteiger partial charge on any atom is 0.262 e. The topological polar surface area (TPSA) is 76.0 Å². The molecule has 0 saturated carbocycles. The summed E-state index contributed by atoms with van der Waals surface area (Å²) >= 11 is 7.35. The molecule has 0 aliphatic heterocycles. The standard InChI is InChI=1S/C19H19ClN4O2S/c1-2-24-18(26)15-5-3-4-6-16(15)21-19(24)23-22-17(25)12-27-11-13-7-9-14(20)10-8-13/h3-10H,2,11-12H2,1H3,(H,21,23)(H,22,25). The molecule has 1 heterocycles. The van der Waals surface area contributed by atoms with E-state index in [1.165, 1.54) is 16.3 Å². The number of hydrogen-bond acceptors (Lipinski definition) is 5. The van der Waals surface area contributed by atoms with Crippen molar-refractivity contribution in [2.24, 2.45) is 0 Å². The van der Waals surface area contributed by atoms with Crippen molar-refractivity contribution in [3.05, 3.63) is 69.5 Å². The molecule has 3 rings (SSSR count). The Labute approximate surface area is 165 Å². The Morgan fingerprint density at radius 1 is 1.19 bits per heavy atom. The second kappa shape index (κ2) is 8.92. The Morgan fingerprint density at radius 2 is 1.93 bits per heavy atom. The third-order valence-electron chi connectivity index (χ3n) is 3.91. The summed E-state index contributed by atoms with van der Waals surface area (Å²) < 4.78 is 1.49. The van der Waals surface area contributed by atoms with Crippen LogP contribution in [0.3, 0.4) is 0 Å². The SMILES string of the molecule is CCn1c(NNC(=O)CSCc2ccc(Cl)cc2)nc2ccccc2c1=O. The fraction of sp³-hybridized carbons (Fsp3) is 0.211. The van der Waals surface area contributed by atoms with Gasteiger partial charge in [0.25, 0.3) is 5.56 Å². The van der Waals surface area contributed by atoms with Crippen molar-refractivity contribution in [2.75, 3.05) is 11.2 Å². The molecule has 0 spiro atoms. The van der Waals surface area contributed by atoms with Gasteiger partial charge in [0, 0.05) is 17.3 Å². The van der Waals surface area contributed by atoms with Crippen molar-refractivity contribution in [1.29, 1.82) is 0 Å². The van der Waals surface area contributed by atoms with Crippen molar-refractivity contribution < 1.29 is 4.79 Å². The van der Waals surface area contributed by atoms with Crippen LogP contribution >= 0.6 is 23.4 Å². The first kappa shape index (κ1) is 19.3. The molecule has 1 amide bonds. The van der Waals surface area contributed by atoms with Crippen LogP contribution in [0.4, 0.5) is 5.95 Å². The van der Waals surface area contributed by atoms with E-state index in [1.54, 1.807) is 18.2 Å². The number of halogens is 1. The van der Waals surface area contributed by atoms with Gasteiger partial charge in [0.05, 0.1) is 16.7 Å². The Balaban J connectivity index is 1.60. The van der Waals surface area contributed by atoms with Gasteiger partial charge in [-0.3, -0.25) is 25.0 Å². The molecule has 8 heteroatoms. The summed E-state index contributed by atoms with van der Waals surface area (Å²) in [7, 11) is 0. The van der Waals surface area contributed by atoms with Gasteiger partial charge >= 0.3 is 0 Å². The van der Waals surface area contributed by atoms with Gasteiger partial charge in [0.15, 0.2) is 0 Å². The normalized spacial score (nSPS) is 10.7. The van der Waals surface area contributed by atoms with Crippen molar-refractivity contribution in [3.63, 3.8) is 0 Å². The molecule has 27 heavy (non-hydrogen) atoms. The monoisotopic (exact) mass is 402 g/mol. The highest BCUT2D eigenvalue weighted by atomic mass is 35.5. The number of hydrogen-bond donors (Lipinski definition) is 2. The summed E-state index contributed by atoms with van der Waals surface area (Å²) in [5.74, 6) is 1.11. The summed E-state index contributed by atoms with van der Waals surface area (Å²) in [6.07, 6.45) is 0. The Kier molecular flexibility index (Phi) is 6.36. The second-order valence-corrected chi connectivity index (χ2v) is 7.22. The van der Waals surface area contributed by atoms with E-state index in [0.717, 1.165) is 5.56 Å². The molecule has 1 aromatic heterocycles. The number of hydrazine groups is 1. The zero-order valence-electron chi connectivity index (χ0n) is 14.7. The maximum absolute atomic E-state index is 12.5. The summed E-state index contributed by atoms with van der Waals surface area (Å²) in [5, 5.41) is 1.24. The molecule has 0 aliphatic carbocycles. The highest BCUT2D eigenvalue weighted by Crippen LogP contribution is 2.15. The number of rotatable bonds is 7. The zero-order chi connectivity index (χ0) is 19.2. The fourth-order valence-corrected chi connectivity index (χ4v) is 3.47. The number of fused-ring (bicyclic) bond motifs is 1. The zero-order valence-corrected chi connectivity index (χ0v) is 16.3. The molecule has 0 fully saturated rings. The van der Waals surface area contributed by atoms with E-state index in [2.05, 4.69) is 15.8 Å². The minimum Gasteiger partial charge on any atom is -0.277 e. The maximum atomic E-state index is 12.5. The number of thioether (sulfide) groups is 1. The molecule has 0 saturated heterocycles. The number of aromatic nitrogens is 2. The van der Waals surface area contributed by atoms with Crippen LogP contribution in [0.5, 0.6) is 0 Å².